The second-order valence-corrected chi connectivity index (χ2v) is 8.10. The second kappa shape index (κ2) is 9.74. The standard InChI is InChI=1S/C24H26N6O3/c1-24(2,23(31)28-14-19-13-26-9-10-27-19)33-22-20-11-17(16-32-3)6-7-21(20)30(29-22)15-18-5-4-8-25-12-18/h4-13H,14-16H2,1-3H3,(H,28,31). The molecule has 1 aromatic carbocycles. The van der Waals surface area contributed by atoms with Crippen LogP contribution in [0.1, 0.15) is 30.7 Å². The number of benzene rings is 1. The van der Waals surface area contributed by atoms with Crippen molar-refractivity contribution in [1.29, 1.82) is 0 Å². The quantitative estimate of drug-likeness (QED) is 0.422. The summed E-state index contributed by atoms with van der Waals surface area (Å²) in [4.78, 5) is 25.3. The van der Waals surface area contributed by atoms with Gasteiger partial charge in [-0.15, -0.1) is 5.10 Å². The highest BCUT2D eigenvalue weighted by atomic mass is 16.5. The SMILES string of the molecule is COCc1ccc2c(c1)c(OC(C)(C)C(=O)NCc1cnccn1)nn2Cc1cccnc1. The number of nitrogens with one attached hydrogen (secondary N) is 1. The van der Waals surface area contributed by atoms with Crippen LogP contribution in [0.2, 0.25) is 0 Å². The summed E-state index contributed by atoms with van der Waals surface area (Å²) in [6.07, 6.45) is 8.32. The van der Waals surface area contributed by atoms with Gasteiger partial charge in [0.1, 0.15) is 0 Å². The first kappa shape index (κ1) is 22.3. The third kappa shape index (κ3) is 5.32. The highest BCUT2D eigenvalue weighted by molar-refractivity contribution is 5.88. The largest absolute Gasteiger partial charge is 0.460 e. The van der Waals surface area contributed by atoms with E-state index in [9.17, 15) is 4.79 Å². The van der Waals surface area contributed by atoms with Crippen LogP contribution in [-0.4, -0.2) is 43.4 Å². The van der Waals surface area contributed by atoms with E-state index in [4.69, 9.17) is 14.6 Å². The molecule has 1 amide bonds. The molecule has 0 fully saturated rings. The number of rotatable bonds is 9. The Morgan fingerprint density at radius 2 is 1.94 bits per heavy atom. The number of hydrogen-bond donors (Lipinski definition) is 1. The Hall–Kier alpha value is -3.85. The molecule has 33 heavy (non-hydrogen) atoms. The van der Waals surface area contributed by atoms with Crippen molar-refractivity contribution in [3.05, 3.63) is 78.1 Å². The van der Waals surface area contributed by atoms with Crippen molar-refractivity contribution in [1.82, 2.24) is 30.0 Å². The van der Waals surface area contributed by atoms with E-state index < -0.39 is 5.60 Å². The van der Waals surface area contributed by atoms with Crippen molar-refractivity contribution in [2.45, 2.75) is 39.1 Å². The lowest BCUT2D eigenvalue weighted by Crippen LogP contribution is -2.46. The van der Waals surface area contributed by atoms with Crippen molar-refractivity contribution >= 4 is 16.8 Å². The number of nitrogens with zero attached hydrogens (tertiary/aromatic N) is 5. The molecule has 0 unspecified atom stereocenters. The van der Waals surface area contributed by atoms with E-state index in [1.807, 2.05) is 35.0 Å². The first-order valence-electron chi connectivity index (χ1n) is 10.6. The predicted octanol–water partition coefficient (Wildman–Crippen LogP) is 2.89. The van der Waals surface area contributed by atoms with E-state index in [0.717, 1.165) is 22.0 Å². The molecule has 0 bridgehead atoms. The predicted molar refractivity (Wildman–Crippen MR) is 122 cm³/mol. The second-order valence-electron chi connectivity index (χ2n) is 8.10. The maximum Gasteiger partial charge on any atom is 0.263 e. The number of amides is 1. The molecular formula is C24H26N6O3. The van der Waals surface area contributed by atoms with E-state index in [-0.39, 0.29) is 12.5 Å². The number of hydrogen-bond acceptors (Lipinski definition) is 7. The van der Waals surface area contributed by atoms with Gasteiger partial charge in [0.25, 0.3) is 5.91 Å². The van der Waals surface area contributed by atoms with Crippen molar-refractivity contribution in [2.24, 2.45) is 0 Å². The fourth-order valence-electron chi connectivity index (χ4n) is 3.41. The molecular weight excluding hydrogens is 420 g/mol. The summed E-state index contributed by atoms with van der Waals surface area (Å²) < 4.78 is 13.3. The van der Waals surface area contributed by atoms with Crippen LogP contribution in [-0.2, 0) is 29.2 Å². The molecule has 0 aliphatic heterocycles. The molecule has 0 atom stereocenters. The van der Waals surface area contributed by atoms with Crippen LogP contribution in [0.3, 0.4) is 0 Å². The maximum atomic E-state index is 12.9. The summed E-state index contributed by atoms with van der Waals surface area (Å²) >= 11 is 0. The number of aromatic nitrogens is 5. The fourth-order valence-corrected chi connectivity index (χ4v) is 3.41. The van der Waals surface area contributed by atoms with E-state index in [1.165, 1.54) is 0 Å². The van der Waals surface area contributed by atoms with Gasteiger partial charge in [-0.3, -0.25) is 24.4 Å². The summed E-state index contributed by atoms with van der Waals surface area (Å²) in [7, 11) is 1.65. The van der Waals surface area contributed by atoms with E-state index in [0.29, 0.717) is 24.7 Å². The molecule has 3 aromatic heterocycles. The van der Waals surface area contributed by atoms with Gasteiger partial charge in [-0.25, -0.2) is 0 Å². The summed E-state index contributed by atoms with van der Waals surface area (Å²) in [5, 5.41) is 8.36. The van der Waals surface area contributed by atoms with Crippen molar-refractivity contribution in [2.75, 3.05) is 7.11 Å². The van der Waals surface area contributed by atoms with Gasteiger partial charge in [-0.05, 0) is 43.2 Å². The molecule has 4 rings (SSSR count). The zero-order valence-corrected chi connectivity index (χ0v) is 18.9. The Kier molecular flexibility index (Phi) is 6.60. The van der Waals surface area contributed by atoms with Gasteiger partial charge in [0.05, 0.1) is 42.5 Å². The molecule has 3 heterocycles. The van der Waals surface area contributed by atoms with Gasteiger partial charge in [0, 0.05) is 31.9 Å². The van der Waals surface area contributed by atoms with Crippen LogP contribution >= 0.6 is 0 Å². The molecule has 4 aromatic rings. The third-order valence-electron chi connectivity index (χ3n) is 5.09. The monoisotopic (exact) mass is 446 g/mol. The van der Waals surface area contributed by atoms with Gasteiger partial charge in [0.2, 0.25) is 5.88 Å². The van der Waals surface area contributed by atoms with Gasteiger partial charge in [-0.1, -0.05) is 12.1 Å². The molecule has 170 valence electrons. The Labute approximate surface area is 191 Å². The molecule has 0 aliphatic rings. The Morgan fingerprint density at radius 3 is 2.67 bits per heavy atom. The highest BCUT2D eigenvalue weighted by Gasteiger charge is 2.32. The highest BCUT2D eigenvalue weighted by Crippen LogP contribution is 2.30. The van der Waals surface area contributed by atoms with Crippen LogP contribution < -0.4 is 10.1 Å². The molecule has 9 nitrogen and oxygen atoms in total. The van der Waals surface area contributed by atoms with Gasteiger partial charge in [0.15, 0.2) is 5.60 Å². The molecule has 0 saturated heterocycles. The lowest BCUT2D eigenvalue weighted by Gasteiger charge is -2.24. The molecule has 0 saturated carbocycles. The van der Waals surface area contributed by atoms with Crippen molar-refractivity contribution in [3.8, 4) is 5.88 Å². The number of fused-ring (bicyclic) bond motifs is 1. The smallest absolute Gasteiger partial charge is 0.263 e. The number of methoxy groups -OCH3 is 1. The Balaban J connectivity index is 1.60. The lowest BCUT2D eigenvalue weighted by atomic mass is 10.1. The van der Waals surface area contributed by atoms with Crippen molar-refractivity contribution in [3.63, 3.8) is 0 Å². The zero-order valence-electron chi connectivity index (χ0n) is 18.9. The minimum absolute atomic E-state index is 0.258. The minimum Gasteiger partial charge on any atom is -0.460 e. The van der Waals surface area contributed by atoms with E-state index in [1.54, 1.807) is 51.9 Å². The van der Waals surface area contributed by atoms with Crippen LogP contribution in [0.4, 0.5) is 0 Å². The maximum absolute atomic E-state index is 12.9. The number of carbonyl (C=O) groups is 1. The van der Waals surface area contributed by atoms with E-state index in [2.05, 4.69) is 20.3 Å². The minimum atomic E-state index is -1.17. The fraction of sp³-hybridized carbons (Fsp3) is 0.292. The number of ether oxygens (including phenoxy) is 2. The van der Waals surface area contributed by atoms with Gasteiger partial charge < -0.3 is 14.8 Å². The van der Waals surface area contributed by atoms with Gasteiger partial charge in [-0.2, -0.15) is 0 Å². The Morgan fingerprint density at radius 1 is 1.09 bits per heavy atom. The zero-order chi connectivity index (χ0) is 23.3. The number of pyridine rings is 1. The summed E-state index contributed by atoms with van der Waals surface area (Å²) in [6.45, 7) is 4.67. The lowest BCUT2D eigenvalue weighted by molar-refractivity contribution is -0.134. The van der Waals surface area contributed by atoms with Crippen LogP contribution in [0.15, 0.2) is 61.3 Å². The first-order valence-corrected chi connectivity index (χ1v) is 10.6. The molecule has 0 radical (unpaired) electrons. The van der Waals surface area contributed by atoms with Crippen molar-refractivity contribution < 1.29 is 14.3 Å². The average Bonchev–Trinajstić information content (AvgIpc) is 3.14. The summed E-state index contributed by atoms with van der Waals surface area (Å²) in [5.74, 6) is 0.0997. The van der Waals surface area contributed by atoms with Gasteiger partial charge >= 0.3 is 0 Å². The van der Waals surface area contributed by atoms with Crippen LogP contribution in [0, 0.1) is 0 Å². The molecule has 0 aliphatic carbocycles. The summed E-state index contributed by atoms with van der Waals surface area (Å²) in [5.41, 5.74) is 2.39. The van der Waals surface area contributed by atoms with Crippen LogP contribution in [0.25, 0.3) is 10.9 Å². The number of carbonyl (C=O) groups excluding carboxylic acids is 1. The molecule has 0 spiro atoms. The average molecular weight is 447 g/mol. The van der Waals surface area contributed by atoms with E-state index >= 15 is 0 Å². The Bertz CT molecular complexity index is 1230. The molecule has 9 heteroatoms. The molecule has 1 N–H and O–H groups in total. The first-order chi connectivity index (χ1) is 16.0. The normalized spacial score (nSPS) is 11.5. The van der Waals surface area contributed by atoms with Crippen LogP contribution in [0.5, 0.6) is 5.88 Å². The third-order valence-corrected chi connectivity index (χ3v) is 5.09. The summed E-state index contributed by atoms with van der Waals surface area (Å²) in [6, 6.07) is 9.84. The topological polar surface area (TPSA) is 104 Å².